The Bertz CT molecular complexity index is 656. The monoisotopic (exact) mass is 316 g/mol. The molecule has 1 aromatic carbocycles. The second-order valence-electron chi connectivity index (χ2n) is 5.65. The predicted octanol–water partition coefficient (Wildman–Crippen LogP) is 1.94. The van der Waals surface area contributed by atoms with Crippen LogP contribution in [-0.2, 0) is 6.42 Å². The van der Waals surface area contributed by atoms with Crippen LogP contribution in [-0.4, -0.2) is 34.4 Å². The molecule has 3 atom stereocenters. The Morgan fingerprint density at radius 3 is 2.87 bits per heavy atom. The van der Waals surface area contributed by atoms with Crippen LogP contribution in [0.25, 0.3) is 0 Å². The fourth-order valence-electron chi connectivity index (χ4n) is 2.73. The number of ether oxygens (including phenoxy) is 1. The number of aryl methyl sites for hydroxylation is 1. The molecule has 3 rings (SSSR count). The summed E-state index contributed by atoms with van der Waals surface area (Å²) in [7, 11) is 0. The van der Waals surface area contributed by atoms with Gasteiger partial charge in [0.2, 0.25) is 0 Å². The molecule has 1 heterocycles. The van der Waals surface area contributed by atoms with Crippen LogP contribution in [0.5, 0.6) is 5.75 Å². The lowest BCUT2D eigenvalue weighted by Gasteiger charge is -2.21. The zero-order valence-electron chi connectivity index (χ0n) is 12.9. The molecule has 1 aliphatic carbocycles. The maximum atomic E-state index is 12.2. The highest BCUT2D eigenvalue weighted by Crippen LogP contribution is 2.25. The summed E-state index contributed by atoms with van der Waals surface area (Å²) in [4.78, 5) is 12.2. The van der Waals surface area contributed by atoms with Gasteiger partial charge >= 0.3 is 0 Å². The van der Waals surface area contributed by atoms with Crippen LogP contribution < -0.4 is 10.1 Å². The van der Waals surface area contributed by atoms with E-state index in [9.17, 15) is 9.90 Å². The molecule has 2 aromatic rings. The second kappa shape index (κ2) is 6.83. The number of hydrogen-bond donors (Lipinski definition) is 2. The Morgan fingerprint density at radius 1 is 1.39 bits per heavy atom. The standard InChI is InChI=1S/C17H20N2O4/c1-2-11-10-14(19-23-11)17(21)18-13-8-9-15(16(13)20)22-12-6-4-3-5-7-12/h3-7,10,13,15-16,20H,2,8-9H2,1H3,(H,18,21)/t13-,15-,16-/m1/s1. The Hall–Kier alpha value is -2.34. The summed E-state index contributed by atoms with van der Waals surface area (Å²) < 4.78 is 10.8. The quantitative estimate of drug-likeness (QED) is 0.880. The summed E-state index contributed by atoms with van der Waals surface area (Å²) in [5.74, 6) is 1.04. The van der Waals surface area contributed by atoms with Gasteiger partial charge in [-0.05, 0) is 25.0 Å². The number of carbonyl (C=O) groups is 1. The number of carbonyl (C=O) groups excluding carboxylic acids is 1. The van der Waals surface area contributed by atoms with Gasteiger partial charge in [0.15, 0.2) is 5.69 Å². The molecule has 6 heteroatoms. The molecule has 1 fully saturated rings. The highest BCUT2D eigenvalue weighted by molar-refractivity contribution is 5.92. The number of rotatable bonds is 5. The van der Waals surface area contributed by atoms with E-state index in [2.05, 4.69) is 10.5 Å². The third-order valence-electron chi connectivity index (χ3n) is 4.04. The molecule has 0 bridgehead atoms. The molecule has 1 aromatic heterocycles. The number of aromatic nitrogens is 1. The molecular weight excluding hydrogens is 296 g/mol. The van der Waals surface area contributed by atoms with Crippen molar-refractivity contribution in [2.75, 3.05) is 0 Å². The molecule has 0 saturated heterocycles. The summed E-state index contributed by atoms with van der Waals surface area (Å²) in [6.45, 7) is 1.93. The summed E-state index contributed by atoms with van der Waals surface area (Å²) in [5.41, 5.74) is 0.237. The van der Waals surface area contributed by atoms with E-state index in [1.807, 2.05) is 37.3 Å². The number of aliphatic hydroxyl groups excluding tert-OH is 1. The van der Waals surface area contributed by atoms with Crippen LogP contribution in [0, 0.1) is 0 Å². The zero-order chi connectivity index (χ0) is 16.2. The molecule has 0 spiro atoms. The van der Waals surface area contributed by atoms with Gasteiger partial charge in [-0.2, -0.15) is 0 Å². The number of para-hydroxylation sites is 1. The van der Waals surface area contributed by atoms with Gasteiger partial charge in [0.05, 0.1) is 6.04 Å². The van der Waals surface area contributed by atoms with Gasteiger partial charge in [0.1, 0.15) is 23.7 Å². The summed E-state index contributed by atoms with van der Waals surface area (Å²) >= 11 is 0. The van der Waals surface area contributed by atoms with Crippen LogP contribution in [0.4, 0.5) is 0 Å². The molecular formula is C17H20N2O4. The van der Waals surface area contributed by atoms with Crippen LogP contribution in [0.3, 0.4) is 0 Å². The van der Waals surface area contributed by atoms with E-state index in [-0.39, 0.29) is 23.7 Å². The lowest BCUT2D eigenvalue weighted by atomic mass is 10.2. The van der Waals surface area contributed by atoms with E-state index in [1.54, 1.807) is 6.07 Å². The minimum Gasteiger partial charge on any atom is -0.488 e. The first-order chi connectivity index (χ1) is 11.2. The molecule has 1 aliphatic rings. The molecule has 0 radical (unpaired) electrons. The number of nitrogens with zero attached hydrogens (tertiary/aromatic N) is 1. The van der Waals surface area contributed by atoms with Crippen molar-refractivity contribution in [2.45, 2.75) is 44.4 Å². The van der Waals surface area contributed by atoms with E-state index in [1.165, 1.54) is 0 Å². The number of hydrogen-bond acceptors (Lipinski definition) is 5. The summed E-state index contributed by atoms with van der Waals surface area (Å²) in [6.07, 6.45) is 0.935. The van der Waals surface area contributed by atoms with Crippen molar-refractivity contribution < 1.29 is 19.2 Å². The first-order valence-electron chi connectivity index (χ1n) is 7.83. The lowest BCUT2D eigenvalue weighted by Crippen LogP contribution is -2.44. The molecule has 6 nitrogen and oxygen atoms in total. The Balaban J connectivity index is 1.58. The largest absolute Gasteiger partial charge is 0.488 e. The lowest BCUT2D eigenvalue weighted by molar-refractivity contribution is 0.0433. The fourth-order valence-corrected chi connectivity index (χ4v) is 2.73. The molecule has 2 N–H and O–H groups in total. The Kier molecular flexibility index (Phi) is 4.62. The van der Waals surface area contributed by atoms with Crippen LogP contribution >= 0.6 is 0 Å². The normalized spacial score (nSPS) is 23.7. The second-order valence-corrected chi connectivity index (χ2v) is 5.65. The highest BCUT2D eigenvalue weighted by atomic mass is 16.5. The van der Waals surface area contributed by atoms with E-state index in [4.69, 9.17) is 9.26 Å². The maximum absolute atomic E-state index is 12.2. The predicted molar refractivity (Wildman–Crippen MR) is 83.2 cm³/mol. The van der Waals surface area contributed by atoms with Gasteiger partial charge in [-0.25, -0.2) is 0 Å². The first kappa shape index (κ1) is 15.6. The van der Waals surface area contributed by atoms with Crippen LogP contribution in [0.2, 0.25) is 0 Å². The van der Waals surface area contributed by atoms with Crippen molar-refractivity contribution in [1.82, 2.24) is 10.5 Å². The zero-order valence-corrected chi connectivity index (χ0v) is 12.9. The van der Waals surface area contributed by atoms with Gasteiger partial charge in [-0.1, -0.05) is 30.3 Å². The molecule has 122 valence electrons. The molecule has 1 saturated carbocycles. The van der Waals surface area contributed by atoms with Crippen molar-refractivity contribution in [3.8, 4) is 5.75 Å². The number of amides is 1. The van der Waals surface area contributed by atoms with Gasteiger partial charge in [-0.15, -0.1) is 0 Å². The van der Waals surface area contributed by atoms with Crippen molar-refractivity contribution >= 4 is 5.91 Å². The minimum absolute atomic E-state index is 0.237. The van der Waals surface area contributed by atoms with Gasteiger partial charge in [-0.3, -0.25) is 4.79 Å². The average molecular weight is 316 g/mol. The van der Waals surface area contributed by atoms with Gasteiger partial charge in [0, 0.05) is 12.5 Å². The van der Waals surface area contributed by atoms with Crippen LogP contribution in [0.1, 0.15) is 36.0 Å². The Morgan fingerprint density at radius 2 is 2.17 bits per heavy atom. The molecule has 23 heavy (non-hydrogen) atoms. The maximum Gasteiger partial charge on any atom is 0.273 e. The third-order valence-corrected chi connectivity index (χ3v) is 4.04. The average Bonchev–Trinajstić information content (AvgIpc) is 3.18. The SMILES string of the molecule is CCc1cc(C(=O)N[C@@H]2CC[C@@H](Oc3ccccc3)[C@@H]2O)no1. The minimum atomic E-state index is -0.753. The van der Waals surface area contributed by atoms with Gasteiger partial charge < -0.3 is 19.7 Å². The number of benzene rings is 1. The van der Waals surface area contributed by atoms with Gasteiger partial charge in [0.25, 0.3) is 5.91 Å². The smallest absolute Gasteiger partial charge is 0.273 e. The summed E-state index contributed by atoms with van der Waals surface area (Å²) in [5, 5.41) is 16.9. The van der Waals surface area contributed by atoms with E-state index in [0.717, 1.165) is 0 Å². The third kappa shape index (κ3) is 3.53. The van der Waals surface area contributed by atoms with E-state index < -0.39 is 6.10 Å². The molecule has 1 amide bonds. The topological polar surface area (TPSA) is 84.6 Å². The number of aliphatic hydroxyl groups is 1. The van der Waals surface area contributed by atoms with Crippen molar-refractivity contribution in [2.24, 2.45) is 0 Å². The summed E-state index contributed by atoms with van der Waals surface area (Å²) in [6, 6.07) is 10.6. The fraction of sp³-hybridized carbons (Fsp3) is 0.412. The van der Waals surface area contributed by atoms with E-state index >= 15 is 0 Å². The Labute approximate surface area is 134 Å². The molecule has 0 unspecified atom stereocenters. The van der Waals surface area contributed by atoms with Crippen molar-refractivity contribution in [3.05, 3.63) is 47.9 Å². The highest BCUT2D eigenvalue weighted by Gasteiger charge is 2.37. The number of nitrogens with one attached hydrogen (secondary N) is 1. The van der Waals surface area contributed by atoms with E-state index in [0.29, 0.717) is 30.8 Å². The van der Waals surface area contributed by atoms with Crippen LogP contribution in [0.15, 0.2) is 40.9 Å². The van der Waals surface area contributed by atoms with Crippen molar-refractivity contribution in [1.29, 1.82) is 0 Å². The first-order valence-corrected chi connectivity index (χ1v) is 7.83. The molecule has 0 aliphatic heterocycles. The van der Waals surface area contributed by atoms with Crippen molar-refractivity contribution in [3.63, 3.8) is 0 Å².